The summed E-state index contributed by atoms with van der Waals surface area (Å²) in [5.74, 6) is 0.955. The number of hydrogen-bond donors (Lipinski definition) is 1. The minimum atomic E-state index is -0.285. The zero-order valence-electron chi connectivity index (χ0n) is 10.3. The molecule has 1 unspecified atom stereocenters. The van der Waals surface area contributed by atoms with Crippen LogP contribution in [-0.2, 0) is 6.54 Å². The highest BCUT2D eigenvalue weighted by Gasteiger charge is 2.16. The van der Waals surface area contributed by atoms with Crippen molar-refractivity contribution in [2.45, 2.75) is 19.5 Å². The van der Waals surface area contributed by atoms with Crippen LogP contribution in [0.15, 0.2) is 35.0 Å². The van der Waals surface area contributed by atoms with Gasteiger partial charge in [-0.15, -0.1) is 0 Å². The van der Waals surface area contributed by atoms with Crippen LogP contribution in [-0.4, -0.2) is 12.3 Å². The van der Waals surface area contributed by atoms with Crippen molar-refractivity contribution in [1.82, 2.24) is 10.5 Å². The number of rotatable bonds is 5. The van der Waals surface area contributed by atoms with Crippen LogP contribution in [0.4, 0.5) is 4.39 Å². The lowest BCUT2D eigenvalue weighted by molar-refractivity contribution is 0.359. The number of halogens is 1. The van der Waals surface area contributed by atoms with Crippen LogP contribution in [0.1, 0.15) is 24.3 Å². The topological polar surface area (TPSA) is 47.3 Å². The molecule has 0 bridgehead atoms. The minimum Gasteiger partial charge on any atom is -0.496 e. The Hall–Kier alpha value is -1.88. The van der Waals surface area contributed by atoms with E-state index in [1.807, 2.05) is 6.92 Å². The smallest absolute Gasteiger partial charge is 0.150 e. The molecule has 96 valence electrons. The van der Waals surface area contributed by atoms with Crippen molar-refractivity contribution in [3.8, 4) is 5.75 Å². The number of hydrogen-bond acceptors (Lipinski definition) is 4. The van der Waals surface area contributed by atoms with Crippen molar-refractivity contribution < 1.29 is 13.7 Å². The van der Waals surface area contributed by atoms with Crippen molar-refractivity contribution in [1.29, 1.82) is 0 Å². The second-order valence-electron chi connectivity index (χ2n) is 3.94. The maximum Gasteiger partial charge on any atom is 0.150 e. The number of benzene rings is 1. The molecule has 0 aliphatic rings. The van der Waals surface area contributed by atoms with E-state index in [0.29, 0.717) is 23.6 Å². The standard InChI is InChI=1S/C13H15FN2O2/c1-9(15-8-10-6-7-16-18-10)13-11(14)4-3-5-12(13)17-2/h3-7,9,15H,8H2,1-2H3. The average molecular weight is 250 g/mol. The van der Waals surface area contributed by atoms with E-state index < -0.39 is 0 Å². The molecule has 1 atom stereocenters. The molecule has 1 N–H and O–H groups in total. The lowest BCUT2D eigenvalue weighted by Gasteiger charge is -2.17. The van der Waals surface area contributed by atoms with Crippen LogP contribution in [0.3, 0.4) is 0 Å². The molecule has 0 saturated heterocycles. The predicted molar refractivity (Wildman–Crippen MR) is 64.7 cm³/mol. The molecule has 18 heavy (non-hydrogen) atoms. The van der Waals surface area contributed by atoms with E-state index in [9.17, 15) is 4.39 Å². The largest absolute Gasteiger partial charge is 0.496 e. The minimum absolute atomic E-state index is 0.189. The van der Waals surface area contributed by atoms with Crippen molar-refractivity contribution in [2.75, 3.05) is 7.11 Å². The molecular weight excluding hydrogens is 235 g/mol. The Labute approximate surface area is 105 Å². The van der Waals surface area contributed by atoms with E-state index in [0.717, 1.165) is 0 Å². The monoisotopic (exact) mass is 250 g/mol. The second kappa shape index (κ2) is 5.64. The van der Waals surface area contributed by atoms with Gasteiger partial charge in [0.25, 0.3) is 0 Å². The summed E-state index contributed by atoms with van der Waals surface area (Å²) < 4.78 is 23.9. The first-order valence-corrected chi connectivity index (χ1v) is 5.67. The third kappa shape index (κ3) is 2.68. The van der Waals surface area contributed by atoms with E-state index >= 15 is 0 Å². The van der Waals surface area contributed by atoms with Crippen LogP contribution in [0, 0.1) is 5.82 Å². The zero-order chi connectivity index (χ0) is 13.0. The summed E-state index contributed by atoms with van der Waals surface area (Å²) in [6.07, 6.45) is 1.57. The number of nitrogens with one attached hydrogen (secondary N) is 1. The predicted octanol–water partition coefficient (Wildman–Crippen LogP) is 2.67. The van der Waals surface area contributed by atoms with Gasteiger partial charge in [0.05, 0.1) is 19.9 Å². The van der Waals surface area contributed by atoms with Crippen molar-refractivity contribution in [2.24, 2.45) is 0 Å². The van der Waals surface area contributed by atoms with Crippen LogP contribution < -0.4 is 10.1 Å². The Kier molecular flexibility index (Phi) is 3.94. The van der Waals surface area contributed by atoms with Crippen LogP contribution in [0.5, 0.6) is 5.75 Å². The Morgan fingerprint density at radius 2 is 2.28 bits per heavy atom. The summed E-state index contributed by atoms with van der Waals surface area (Å²) in [5, 5.41) is 6.77. The first-order chi connectivity index (χ1) is 8.72. The molecule has 0 spiro atoms. The average Bonchev–Trinajstić information content (AvgIpc) is 2.88. The van der Waals surface area contributed by atoms with E-state index in [2.05, 4.69) is 10.5 Å². The highest BCUT2D eigenvalue weighted by molar-refractivity contribution is 5.36. The maximum atomic E-state index is 13.8. The Balaban J connectivity index is 2.10. The van der Waals surface area contributed by atoms with Gasteiger partial charge in [0, 0.05) is 17.7 Å². The molecule has 0 fully saturated rings. The van der Waals surface area contributed by atoms with Gasteiger partial charge in [-0.25, -0.2) is 4.39 Å². The summed E-state index contributed by atoms with van der Waals surface area (Å²) >= 11 is 0. The van der Waals surface area contributed by atoms with Gasteiger partial charge in [0.2, 0.25) is 0 Å². The Bertz CT molecular complexity index is 500. The molecule has 5 heteroatoms. The Morgan fingerprint density at radius 1 is 1.44 bits per heavy atom. The molecular formula is C13H15FN2O2. The quantitative estimate of drug-likeness (QED) is 0.886. The molecule has 2 rings (SSSR count). The maximum absolute atomic E-state index is 13.8. The number of aromatic nitrogens is 1. The molecule has 0 saturated carbocycles. The van der Waals surface area contributed by atoms with Crippen LogP contribution in [0.2, 0.25) is 0 Å². The molecule has 1 heterocycles. The van der Waals surface area contributed by atoms with Crippen molar-refractivity contribution >= 4 is 0 Å². The van der Waals surface area contributed by atoms with Gasteiger partial charge in [-0.2, -0.15) is 0 Å². The SMILES string of the molecule is COc1cccc(F)c1C(C)NCc1ccno1. The highest BCUT2D eigenvalue weighted by Crippen LogP contribution is 2.27. The summed E-state index contributed by atoms with van der Waals surface area (Å²) in [4.78, 5) is 0. The van der Waals surface area contributed by atoms with Crippen LogP contribution >= 0.6 is 0 Å². The molecule has 2 aromatic rings. The third-order valence-electron chi connectivity index (χ3n) is 2.74. The molecule has 0 amide bonds. The van der Waals surface area contributed by atoms with E-state index in [4.69, 9.17) is 9.26 Å². The van der Waals surface area contributed by atoms with Gasteiger partial charge < -0.3 is 14.6 Å². The molecule has 0 radical (unpaired) electrons. The number of ether oxygens (including phenoxy) is 1. The summed E-state index contributed by atoms with van der Waals surface area (Å²) in [6.45, 7) is 2.36. The van der Waals surface area contributed by atoms with Gasteiger partial charge in [0.15, 0.2) is 0 Å². The van der Waals surface area contributed by atoms with Gasteiger partial charge in [-0.1, -0.05) is 11.2 Å². The first-order valence-electron chi connectivity index (χ1n) is 5.67. The lowest BCUT2D eigenvalue weighted by atomic mass is 10.1. The van der Waals surface area contributed by atoms with Gasteiger partial charge in [-0.3, -0.25) is 0 Å². The van der Waals surface area contributed by atoms with Crippen molar-refractivity contribution in [3.63, 3.8) is 0 Å². The summed E-state index contributed by atoms with van der Waals surface area (Å²) in [5.41, 5.74) is 0.513. The van der Waals surface area contributed by atoms with E-state index in [1.54, 1.807) is 24.4 Å². The molecule has 1 aromatic carbocycles. The second-order valence-corrected chi connectivity index (χ2v) is 3.94. The fraction of sp³-hybridized carbons (Fsp3) is 0.308. The molecule has 0 aliphatic carbocycles. The first kappa shape index (κ1) is 12.6. The van der Waals surface area contributed by atoms with Gasteiger partial charge in [0.1, 0.15) is 17.3 Å². The number of nitrogens with zero attached hydrogens (tertiary/aromatic N) is 1. The fourth-order valence-corrected chi connectivity index (χ4v) is 1.80. The summed E-state index contributed by atoms with van der Waals surface area (Å²) in [7, 11) is 1.53. The molecule has 0 aliphatic heterocycles. The highest BCUT2D eigenvalue weighted by atomic mass is 19.1. The van der Waals surface area contributed by atoms with Gasteiger partial charge >= 0.3 is 0 Å². The van der Waals surface area contributed by atoms with Crippen LogP contribution in [0.25, 0.3) is 0 Å². The van der Waals surface area contributed by atoms with Gasteiger partial charge in [-0.05, 0) is 19.1 Å². The number of methoxy groups -OCH3 is 1. The third-order valence-corrected chi connectivity index (χ3v) is 2.74. The lowest BCUT2D eigenvalue weighted by Crippen LogP contribution is -2.19. The van der Waals surface area contributed by atoms with E-state index in [-0.39, 0.29) is 11.9 Å². The summed E-state index contributed by atoms with van der Waals surface area (Å²) in [6, 6.07) is 6.36. The van der Waals surface area contributed by atoms with E-state index in [1.165, 1.54) is 13.2 Å². The zero-order valence-corrected chi connectivity index (χ0v) is 10.3. The normalized spacial score (nSPS) is 12.4. The molecule has 1 aromatic heterocycles. The Morgan fingerprint density at radius 3 is 2.94 bits per heavy atom. The fourth-order valence-electron chi connectivity index (χ4n) is 1.80. The molecule has 4 nitrogen and oxygen atoms in total. The van der Waals surface area contributed by atoms with Crippen molar-refractivity contribution in [3.05, 3.63) is 47.6 Å².